The Labute approximate surface area is 155 Å². The minimum Gasteiger partial charge on any atom is -0.486 e. The van der Waals surface area contributed by atoms with Gasteiger partial charge < -0.3 is 14.8 Å². The lowest BCUT2D eigenvalue weighted by Crippen LogP contribution is -2.15. The number of fused-ring (bicyclic) bond motifs is 2. The van der Waals surface area contributed by atoms with E-state index in [9.17, 15) is 13.6 Å². The van der Waals surface area contributed by atoms with Crippen molar-refractivity contribution >= 4 is 44.4 Å². The summed E-state index contributed by atoms with van der Waals surface area (Å²) in [5.74, 6) is -0.232. The molecule has 2 heterocycles. The van der Waals surface area contributed by atoms with Gasteiger partial charge in [-0.1, -0.05) is 11.3 Å². The van der Waals surface area contributed by atoms with Gasteiger partial charge >= 0.3 is 0 Å². The number of carbonyl (C=O) groups excluding carboxylic acids is 1. The Balaban J connectivity index is 1.44. The van der Waals surface area contributed by atoms with Crippen LogP contribution in [-0.2, 0) is 4.79 Å². The van der Waals surface area contributed by atoms with Crippen LogP contribution in [0.25, 0.3) is 10.2 Å². The largest absolute Gasteiger partial charge is 0.486 e. The topological polar surface area (TPSA) is 60.5 Å². The van der Waals surface area contributed by atoms with Gasteiger partial charge in [-0.2, -0.15) is 0 Å². The van der Waals surface area contributed by atoms with Crippen molar-refractivity contribution in [3.05, 3.63) is 42.0 Å². The zero-order chi connectivity index (χ0) is 18.1. The van der Waals surface area contributed by atoms with Crippen molar-refractivity contribution in [1.29, 1.82) is 0 Å². The van der Waals surface area contributed by atoms with Gasteiger partial charge in [-0.3, -0.25) is 4.79 Å². The third-order valence-electron chi connectivity index (χ3n) is 3.55. The summed E-state index contributed by atoms with van der Waals surface area (Å²) in [5, 5.41) is 3.10. The highest BCUT2D eigenvalue weighted by atomic mass is 32.2. The predicted octanol–water partition coefficient (Wildman–Crippen LogP) is 4.08. The molecule has 9 heteroatoms. The summed E-state index contributed by atoms with van der Waals surface area (Å²) in [7, 11) is 0. The monoisotopic (exact) mass is 394 g/mol. The molecule has 2 aromatic carbocycles. The van der Waals surface area contributed by atoms with Gasteiger partial charge in [-0.25, -0.2) is 13.8 Å². The van der Waals surface area contributed by atoms with E-state index >= 15 is 0 Å². The average Bonchev–Trinajstić information content (AvgIpc) is 3.01. The number of hydrogen-bond donors (Lipinski definition) is 1. The van der Waals surface area contributed by atoms with Crippen LogP contribution in [0, 0.1) is 11.6 Å². The molecule has 0 spiro atoms. The third-order valence-corrected chi connectivity index (χ3v) is 5.51. The number of aromatic nitrogens is 1. The molecule has 0 radical (unpaired) electrons. The van der Waals surface area contributed by atoms with Gasteiger partial charge in [0.05, 0.1) is 16.0 Å². The number of amides is 1. The number of nitrogens with zero attached hydrogens (tertiary/aromatic N) is 1. The highest BCUT2D eigenvalue weighted by molar-refractivity contribution is 8.00. The second-order valence-corrected chi connectivity index (χ2v) is 7.44. The first-order valence-electron chi connectivity index (χ1n) is 7.66. The number of halogens is 2. The molecule has 5 nitrogen and oxygen atoms in total. The second-order valence-electron chi connectivity index (χ2n) is 5.39. The molecule has 1 aliphatic rings. The summed E-state index contributed by atoms with van der Waals surface area (Å²) in [4.78, 5) is 16.5. The Morgan fingerprint density at radius 1 is 1.19 bits per heavy atom. The standard InChI is InChI=1S/C17H12F2N2O3S2/c18-9-1-2-10(19)14(5-9)25-8-16(22)21-17-20-11-6-12-13(7-15(11)26-17)24-4-3-23-12/h1-2,5-7H,3-4,8H2,(H,20,21,22). The van der Waals surface area contributed by atoms with Crippen molar-refractivity contribution in [1.82, 2.24) is 4.98 Å². The molecule has 0 saturated carbocycles. The van der Waals surface area contributed by atoms with Crippen LogP contribution in [0.5, 0.6) is 11.5 Å². The van der Waals surface area contributed by atoms with Gasteiger partial charge in [0.1, 0.15) is 24.8 Å². The Bertz CT molecular complexity index is 951. The Hall–Kier alpha value is -2.39. The smallest absolute Gasteiger partial charge is 0.236 e. The van der Waals surface area contributed by atoms with Crippen molar-refractivity contribution in [2.75, 3.05) is 24.3 Å². The van der Waals surface area contributed by atoms with E-state index in [-0.39, 0.29) is 16.6 Å². The van der Waals surface area contributed by atoms with Crippen molar-refractivity contribution < 1.29 is 23.0 Å². The molecule has 1 amide bonds. The zero-order valence-corrected chi connectivity index (χ0v) is 14.9. The maximum Gasteiger partial charge on any atom is 0.236 e. The van der Waals surface area contributed by atoms with Crippen LogP contribution in [0.4, 0.5) is 13.9 Å². The van der Waals surface area contributed by atoms with Gasteiger partial charge in [0, 0.05) is 17.0 Å². The van der Waals surface area contributed by atoms with Gasteiger partial charge in [0.2, 0.25) is 5.91 Å². The summed E-state index contributed by atoms with van der Waals surface area (Å²) in [6.07, 6.45) is 0. The van der Waals surface area contributed by atoms with Crippen molar-refractivity contribution in [2.24, 2.45) is 0 Å². The van der Waals surface area contributed by atoms with Crippen LogP contribution in [0.2, 0.25) is 0 Å². The van der Waals surface area contributed by atoms with Gasteiger partial charge in [-0.15, -0.1) is 11.8 Å². The summed E-state index contributed by atoms with van der Waals surface area (Å²) < 4.78 is 38.6. The van der Waals surface area contributed by atoms with Crippen molar-refractivity contribution in [2.45, 2.75) is 4.90 Å². The van der Waals surface area contributed by atoms with Crippen molar-refractivity contribution in [3.8, 4) is 11.5 Å². The van der Waals surface area contributed by atoms with Crippen LogP contribution in [0.3, 0.4) is 0 Å². The Morgan fingerprint density at radius 2 is 1.96 bits per heavy atom. The molecule has 1 aromatic heterocycles. The summed E-state index contributed by atoms with van der Waals surface area (Å²) in [6.45, 7) is 0.981. The van der Waals surface area contributed by atoms with Gasteiger partial charge in [0.15, 0.2) is 16.6 Å². The average molecular weight is 394 g/mol. The molecule has 1 N–H and O–H groups in total. The number of ether oxygens (including phenoxy) is 2. The first-order valence-corrected chi connectivity index (χ1v) is 9.46. The molecule has 0 saturated heterocycles. The van der Waals surface area contributed by atoms with Crippen LogP contribution < -0.4 is 14.8 Å². The molecular formula is C17H12F2N2O3S2. The van der Waals surface area contributed by atoms with Crippen LogP contribution in [0.15, 0.2) is 35.2 Å². The van der Waals surface area contributed by atoms with E-state index in [1.807, 2.05) is 6.07 Å². The molecule has 1 aliphatic heterocycles. The highest BCUT2D eigenvalue weighted by Crippen LogP contribution is 2.37. The van der Waals surface area contributed by atoms with Crippen LogP contribution in [-0.4, -0.2) is 29.9 Å². The second kappa shape index (κ2) is 7.08. The van der Waals surface area contributed by atoms with E-state index < -0.39 is 11.6 Å². The summed E-state index contributed by atoms with van der Waals surface area (Å²) in [5.41, 5.74) is 0.693. The fourth-order valence-corrected chi connectivity index (χ4v) is 4.06. The molecule has 0 bridgehead atoms. The highest BCUT2D eigenvalue weighted by Gasteiger charge is 2.16. The molecule has 0 atom stereocenters. The van der Waals surface area contributed by atoms with E-state index in [1.54, 1.807) is 6.07 Å². The number of benzene rings is 2. The SMILES string of the molecule is O=C(CSc1cc(F)ccc1F)Nc1nc2cc3c(cc2s1)OCCO3. The maximum atomic E-state index is 13.6. The minimum atomic E-state index is -0.560. The normalized spacial score (nSPS) is 13.0. The molecule has 26 heavy (non-hydrogen) atoms. The minimum absolute atomic E-state index is 0.0565. The van der Waals surface area contributed by atoms with Gasteiger partial charge in [-0.05, 0) is 18.2 Å². The molecule has 3 aromatic rings. The fourth-order valence-electron chi connectivity index (χ4n) is 2.40. The lowest BCUT2D eigenvalue weighted by atomic mass is 10.3. The molecular weight excluding hydrogens is 382 g/mol. The first-order chi connectivity index (χ1) is 12.6. The van der Waals surface area contributed by atoms with E-state index in [2.05, 4.69) is 10.3 Å². The maximum absolute atomic E-state index is 13.6. The first kappa shape index (κ1) is 17.0. The summed E-state index contributed by atoms with van der Waals surface area (Å²) >= 11 is 2.23. The number of rotatable bonds is 4. The number of thiazole rings is 1. The number of anilines is 1. The van der Waals surface area contributed by atoms with E-state index in [0.717, 1.165) is 34.7 Å². The Kier molecular flexibility index (Phi) is 4.64. The summed E-state index contributed by atoms with van der Waals surface area (Å²) in [6, 6.07) is 6.74. The van der Waals surface area contributed by atoms with Gasteiger partial charge in [0.25, 0.3) is 0 Å². The lowest BCUT2D eigenvalue weighted by molar-refractivity contribution is -0.113. The van der Waals surface area contributed by atoms with E-state index in [0.29, 0.717) is 35.4 Å². The number of nitrogens with one attached hydrogen (secondary N) is 1. The number of hydrogen-bond acceptors (Lipinski definition) is 6. The zero-order valence-electron chi connectivity index (χ0n) is 13.3. The van der Waals surface area contributed by atoms with Crippen LogP contribution in [0.1, 0.15) is 0 Å². The molecule has 134 valence electrons. The lowest BCUT2D eigenvalue weighted by Gasteiger charge is -2.17. The Morgan fingerprint density at radius 3 is 2.77 bits per heavy atom. The third kappa shape index (κ3) is 3.58. The van der Waals surface area contributed by atoms with E-state index in [1.165, 1.54) is 11.3 Å². The van der Waals surface area contributed by atoms with Crippen LogP contribution >= 0.6 is 23.1 Å². The quantitative estimate of drug-likeness (QED) is 0.676. The molecule has 0 unspecified atom stereocenters. The molecule has 4 rings (SSSR count). The van der Waals surface area contributed by atoms with E-state index in [4.69, 9.17) is 9.47 Å². The predicted molar refractivity (Wildman–Crippen MR) is 96.3 cm³/mol. The molecule has 0 aliphatic carbocycles. The van der Waals surface area contributed by atoms with Crippen molar-refractivity contribution in [3.63, 3.8) is 0 Å². The fraction of sp³-hybridized carbons (Fsp3) is 0.176. The number of carbonyl (C=O) groups is 1. The molecule has 0 fully saturated rings. The number of thioether (sulfide) groups is 1.